The highest BCUT2D eigenvalue weighted by atomic mass is 16.6. The molecule has 0 aromatic carbocycles. The molecule has 7 nitrogen and oxygen atoms in total. The Morgan fingerprint density at radius 1 is 1.13 bits per heavy atom. The molecule has 0 bridgehead atoms. The molecule has 1 heterocycles. The van der Waals surface area contributed by atoms with E-state index in [0.717, 1.165) is 0 Å². The van der Waals surface area contributed by atoms with E-state index < -0.39 is 47.3 Å². The van der Waals surface area contributed by atoms with Crippen LogP contribution in [0.15, 0.2) is 0 Å². The van der Waals surface area contributed by atoms with Crippen LogP contribution in [-0.2, 0) is 14.3 Å². The molecular formula is C23H43NO6. The van der Waals surface area contributed by atoms with E-state index in [-0.39, 0.29) is 23.5 Å². The zero-order valence-electron chi connectivity index (χ0n) is 20.1. The lowest BCUT2D eigenvalue weighted by molar-refractivity contribution is -0.191. The van der Waals surface area contributed by atoms with Crippen molar-refractivity contribution < 1.29 is 29.6 Å². The minimum absolute atomic E-state index is 0.166. The van der Waals surface area contributed by atoms with E-state index in [1.807, 2.05) is 20.8 Å². The number of carbonyl (C=O) groups is 1. The summed E-state index contributed by atoms with van der Waals surface area (Å²) < 4.78 is 11.3. The molecule has 0 aromatic rings. The van der Waals surface area contributed by atoms with Crippen LogP contribution >= 0.6 is 0 Å². The van der Waals surface area contributed by atoms with Gasteiger partial charge in [0.25, 0.3) is 0 Å². The van der Waals surface area contributed by atoms with Gasteiger partial charge < -0.3 is 30.2 Å². The molecule has 10 atom stereocenters. The first-order chi connectivity index (χ1) is 13.6. The topological polar surface area (TPSA) is 120 Å². The van der Waals surface area contributed by atoms with Crippen molar-refractivity contribution in [3.8, 4) is 0 Å². The summed E-state index contributed by atoms with van der Waals surface area (Å²) in [5, 5.41) is 41.8. The first-order valence-electron chi connectivity index (χ1n) is 11.1. The van der Waals surface area contributed by atoms with Crippen molar-refractivity contribution in [2.75, 3.05) is 7.11 Å². The van der Waals surface area contributed by atoms with Gasteiger partial charge in [0, 0.05) is 18.7 Å². The molecule has 1 rings (SSSR count). The van der Waals surface area contributed by atoms with Crippen molar-refractivity contribution in [2.24, 2.45) is 29.6 Å². The maximum absolute atomic E-state index is 12.9. The molecule has 0 radical (unpaired) electrons. The lowest BCUT2D eigenvalue weighted by Crippen LogP contribution is -2.56. The summed E-state index contributed by atoms with van der Waals surface area (Å²) in [5.74, 6) is -2.51. The Hall–Kier alpha value is -1.02. The van der Waals surface area contributed by atoms with E-state index in [0.29, 0.717) is 12.8 Å². The van der Waals surface area contributed by atoms with Gasteiger partial charge in [-0.3, -0.25) is 4.79 Å². The molecule has 1 aliphatic rings. The largest absolute Gasteiger partial charge is 0.459 e. The number of methoxy groups -OCH3 is 1. The van der Waals surface area contributed by atoms with Gasteiger partial charge in [-0.05, 0) is 51.4 Å². The van der Waals surface area contributed by atoms with Gasteiger partial charge in [0.15, 0.2) is 0 Å². The molecular weight excluding hydrogens is 386 g/mol. The third kappa shape index (κ3) is 5.42. The van der Waals surface area contributed by atoms with Crippen molar-refractivity contribution in [1.29, 1.82) is 5.41 Å². The Balaban J connectivity index is 3.48. The Labute approximate surface area is 181 Å². The third-order valence-electron chi connectivity index (χ3n) is 7.52. The third-order valence-corrected chi connectivity index (χ3v) is 7.52. The number of rotatable bonds is 2. The molecule has 30 heavy (non-hydrogen) atoms. The molecule has 0 amide bonds. The molecule has 1 aliphatic heterocycles. The number of carbonyl (C=O) groups excluding carboxylic acids is 1. The zero-order valence-corrected chi connectivity index (χ0v) is 20.1. The lowest BCUT2D eigenvalue weighted by Gasteiger charge is -2.43. The summed E-state index contributed by atoms with van der Waals surface area (Å²) in [4.78, 5) is 12.9. The SMILES string of the molecule is CC[C@H]1OC(=O)[C@H](C)[C@@H](OC)[C@H](C)[C@@H](C)[C@](C)(O)C[C@@H](C)C(=N)[C@H](C)[C@@H](O)[C@]1(C)O. The Morgan fingerprint density at radius 3 is 2.13 bits per heavy atom. The van der Waals surface area contributed by atoms with Gasteiger partial charge in [0.1, 0.15) is 11.7 Å². The van der Waals surface area contributed by atoms with Crippen LogP contribution in [0.2, 0.25) is 0 Å². The predicted molar refractivity (Wildman–Crippen MR) is 116 cm³/mol. The van der Waals surface area contributed by atoms with Gasteiger partial charge in [-0.15, -0.1) is 0 Å². The summed E-state index contributed by atoms with van der Waals surface area (Å²) in [6.07, 6.45) is -2.09. The zero-order chi connectivity index (χ0) is 23.6. The molecule has 0 saturated carbocycles. The van der Waals surface area contributed by atoms with E-state index in [1.54, 1.807) is 27.7 Å². The number of nitrogens with one attached hydrogen (secondary N) is 1. The first-order valence-corrected chi connectivity index (χ1v) is 11.1. The van der Waals surface area contributed by atoms with E-state index in [4.69, 9.17) is 14.9 Å². The van der Waals surface area contributed by atoms with Crippen molar-refractivity contribution in [3.05, 3.63) is 0 Å². The van der Waals surface area contributed by atoms with Gasteiger partial charge in [-0.2, -0.15) is 0 Å². The Bertz CT molecular complexity index is 605. The van der Waals surface area contributed by atoms with Gasteiger partial charge in [0.2, 0.25) is 0 Å². The van der Waals surface area contributed by atoms with Crippen LogP contribution in [0.4, 0.5) is 0 Å². The second-order valence-corrected chi connectivity index (χ2v) is 9.85. The molecule has 1 saturated heterocycles. The summed E-state index contributed by atoms with van der Waals surface area (Å²) in [6.45, 7) is 14.1. The van der Waals surface area contributed by atoms with Crippen LogP contribution in [0.1, 0.15) is 68.2 Å². The fraction of sp³-hybridized carbons (Fsp3) is 0.913. The minimum atomic E-state index is -1.73. The Kier molecular flexibility index (Phi) is 9.07. The van der Waals surface area contributed by atoms with E-state index in [2.05, 4.69) is 0 Å². The first kappa shape index (κ1) is 27.0. The monoisotopic (exact) mass is 429 g/mol. The molecule has 176 valence electrons. The van der Waals surface area contributed by atoms with Crippen LogP contribution < -0.4 is 0 Å². The average molecular weight is 430 g/mol. The van der Waals surface area contributed by atoms with E-state index in [1.165, 1.54) is 14.0 Å². The van der Waals surface area contributed by atoms with Crippen molar-refractivity contribution >= 4 is 11.7 Å². The molecule has 7 heteroatoms. The summed E-state index contributed by atoms with van der Waals surface area (Å²) in [7, 11) is 1.53. The fourth-order valence-electron chi connectivity index (χ4n) is 4.95. The van der Waals surface area contributed by atoms with Crippen LogP contribution in [0, 0.1) is 35.0 Å². The minimum Gasteiger partial charge on any atom is -0.459 e. The second-order valence-electron chi connectivity index (χ2n) is 9.85. The molecule has 0 unspecified atom stereocenters. The smallest absolute Gasteiger partial charge is 0.311 e. The maximum Gasteiger partial charge on any atom is 0.311 e. The summed E-state index contributed by atoms with van der Waals surface area (Å²) >= 11 is 0. The predicted octanol–water partition coefficient (Wildman–Crippen LogP) is 2.79. The van der Waals surface area contributed by atoms with Crippen molar-refractivity contribution in [3.63, 3.8) is 0 Å². The van der Waals surface area contributed by atoms with Gasteiger partial charge >= 0.3 is 5.97 Å². The molecule has 4 N–H and O–H groups in total. The highest BCUT2D eigenvalue weighted by Crippen LogP contribution is 2.37. The quantitative estimate of drug-likeness (QED) is 0.501. The number of cyclic esters (lactones) is 1. The van der Waals surface area contributed by atoms with E-state index >= 15 is 0 Å². The van der Waals surface area contributed by atoms with E-state index in [9.17, 15) is 20.1 Å². The summed E-state index contributed by atoms with van der Waals surface area (Å²) in [6, 6.07) is 0. The number of aliphatic hydroxyl groups is 3. The summed E-state index contributed by atoms with van der Waals surface area (Å²) in [5.41, 5.74) is -2.60. The highest BCUT2D eigenvalue weighted by Gasteiger charge is 2.47. The number of hydrogen-bond acceptors (Lipinski definition) is 7. The highest BCUT2D eigenvalue weighted by molar-refractivity contribution is 5.86. The van der Waals surface area contributed by atoms with Crippen molar-refractivity contribution in [1.82, 2.24) is 0 Å². The molecule has 0 aliphatic carbocycles. The molecule has 1 fully saturated rings. The molecule has 0 aromatic heterocycles. The average Bonchev–Trinajstić information content (AvgIpc) is 2.68. The van der Waals surface area contributed by atoms with Crippen LogP contribution in [-0.4, -0.2) is 63.6 Å². The van der Waals surface area contributed by atoms with Gasteiger partial charge in [-0.25, -0.2) is 0 Å². The number of esters is 1. The number of hydrogen-bond donors (Lipinski definition) is 4. The van der Waals surface area contributed by atoms with Crippen LogP contribution in [0.25, 0.3) is 0 Å². The number of ether oxygens (including phenoxy) is 2. The van der Waals surface area contributed by atoms with Crippen molar-refractivity contribution in [2.45, 2.75) is 97.7 Å². The lowest BCUT2D eigenvalue weighted by atomic mass is 9.70. The Morgan fingerprint density at radius 2 is 1.67 bits per heavy atom. The normalized spacial score (nSPS) is 47.5. The fourth-order valence-corrected chi connectivity index (χ4v) is 4.95. The maximum atomic E-state index is 12.9. The van der Waals surface area contributed by atoms with Crippen LogP contribution in [0.3, 0.4) is 0 Å². The van der Waals surface area contributed by atoms with Gasteiger partial charge in [0.05, 0.1) is 23.7 Å². The van der Waals surface area contributed by atoms with Gasteiger partial charge in [-0.1, -0.05) is 34.6 Å². The molecule has 0 spiro atoms. The van der Waals surface area contributed by atoms with Crippen LogP contribution in [0.5, 0.6) is 0 Å². The standard InChI is InChI=1S/C23H43NO6/c1-10-17-23(8,28)20(25)14(4)18(24)12(2)11-22(7,27)16(6)13(3)19(29-9)15(5)21(26)30-17/h12-17,19-20,24-25,27-28H,10-11H2,1-9H3/t12-,13-,14+,15-,16-,17-,19+,20-,22-,23-/m1/s1. The number of aliphatic hydroxyl groups excluding tert-OH is 1. The second kappa shape index (κ2) is 10.1.